The summed E-state index contributed by atoms with van der Waals surface area (Å²) in [6.07, 6.45) is 1.51. The highest BCUT2D eigenvalue weighted by Crippen LogP contribution is 2.26. The molecule has 0 aliphatic carbocycles. The maximum atomic E-state index is 13.4. The molecule has 0 aliphatic rings. The lowest BCUT2D eigenvalue weighted by Crippen LogP contribution is -2.41. The summed E-state index contributed by atoms with van der Waals surface area (Å²) in [6.45, 7) is 3.30. The van der Waals surface area contributed by atoms with Gasteiger partial charge in [0.1, 0.15) is 20.2 Å². The van der Waals surface area contributed by atoms with Crippen LogP contribution in [0.5, 0.6) is 0 Å². The first-order chi connectivity index (χ1) is 18.0. The van der Waals surface area contributed by atoms with Gasteiger partial charge in [0, 0.05) is 25.4 Å². The van der Waals surface area contributed by atoms with E-state index in [9.17, 15) is 19.1 Å². The van der Waals surface area contributed by atoms with Crippen LogP contribution in [0, 0.1) is 18.3 Å². The number of hydrogen-bond acceptors (Lipinski definition) is 8. The smallest absolute Gasteiger partial charge is 0.274 e. The minimum atomic E-state index is -2.94. The summed E-state index contributed by atoms with van der Waals surface area (Å²) < 4.78 is 18.2. The molecule has 38 heavy (non-hydrogen) atoms. The largest absolute Gasteiger partial charge is 0.349 e. The summed E-state index contributed by atoms with van der Waals surface area (Å²) >= 11 is 9.53. The van der Waals surface area contributed by atoms with Gasteiger partial charge in [-0.1, -0.05) is 11.6 Å². The van der Waals surface area contributed by atoms with Crippen molar-refractivity contribution in [3.8, 4) is 11.9 Å². The monoisotopic (exact) mass is 622 g/mol. The Morgan fingerprint density at radius 2 is 2.08 bits per heavy atom. The molecule has 3 N–H and O–H groups in total. The van der Waals surface area contributed by atoms with Gasteiger partial charge in [-0.25, -0.2) is 18.2 Å². The number of nitriles is 1. The first-order valence-electron chi connectivity index (χ1n) is 11.0. The Morgan fingerprint density at radius 3 is 2.71 bits per heavy atom. The van der Waals surface area contributed by atoms with Crippen LogP contribution in [0.1, 0.15) is 38.9 Å². The summed E-state index contributed by atoms with van der Waals surface area (Å²) in [5.74, 6) is -1.01. The number of anilines is 1. The normalized spacial score (nSPS) is 13.2. The molecule has 0 aliphatic heterocycles. The zero-order valence-electron chi connectivity index (χ0n) is 20.8. The van der Waals surface area contributed by atoms with Gasteiger partial charge >= 0.3 is 0 Å². The fourth-order valence-electron chi connectivity index (χ4n) is 3.54. The fraction of sp³-hybridized carbons (Fsp3) is 0.261. The molecule has 0 saturated carbocycles. The third-order valence-electron chi connectivity index (χ3n) is 5.16. The van der Waals surface area contributed by atoms with E-state index in [1.807, 2.05) is 6.07 Å². The van der Waals surface area contributed by atoms with Crippen LogP contribution in [0.25, 0.3) is 5.82 Å². The van der Waals surface area contributed by atoms with Crippen LogP contribution < -0.4 is 15.5 Å². The van der Waals surface area contributed by atoms with Gasteiger partial charge in [-0.2, -0.15) is 10.4 Å². The van der Waals surface area contributed by atoms with Crippen molar-refractivity contribution in [1.82, 2.24) is 25.0 Å². The van der Waals surface area contributed by atoms with E-state index in [4.69, 9.17) is 16.4 Å². The van der Waals surface area contributed by atoms with Gasteiger partial charge in [0.2, 0.25) is 0 Å². The average molecular weight is 624 g/mol. The van der Waals surface area contributed by atoms with E-state index >= 15 is 0 Å². The molecule has 200 valence electrons. The van der Waals surface area contributed by atoms with Gasteiger partial charge < -0.3 is 10.6 Å². The number of aromatic nitrogens is 3. The Bertz CT molecular complexity index is 1540. The van der Waals surface area contributed by atoms with Crippen molar-refractivity contribution < 1.29 is 18.6 Å². The number of aryl methyl sites for hydroxylation is 1. The molecule has 2 atom stereocenters. The van der Waals surface area contributed by atoms with E-state index in [2.05, 4.69) is 45.9 Å². The van der Waals surface area contributed by atoms with Gasteiger partial charge in [0.15, 0.2) is 5.82 Å². The van der Waals surface area contributed by atoms with Crippen LogP contribution in [0.3, 0.4) is 0 Å². The number of nitrogens with zero attached hydrogens (tertiary/aromatic N) is 5. The predicted octanol–water partition coefficient (Wildman–Crippen LogP) is 3.40. The number of benzene rings is 1. The van der Waals surface area contributed by atoms with Crippen molar-refractivity contribution in [2.75, 3.05) is 25.2 Å². The zero-order valence-corrected chi connectivity index (χ0v) is 23.9. The molecule has 0 saturated heterocycles. The quantitative estimate of drug-likeness (QED) is 0.308. The van der Waals surface area contributed by atoms with Crippen LogP contribution in [-0.4, -0.2) is 56.7 Å². The number of amides is 2. The van der Waals surface area contributed by atoms with Crippen molar-refractivity contribution in [1.29, 1.82) is 5.26 Å². The zero-order chi connectivity index (χ0) is 28.0. The van der Waals surface area contributed by atoms with E-state index in [-0.39, 0.29) is 39.1 Å². The van der Waals surface area contributed by atoms with E-state index in [0.717, 1.165) is 0 Å². The molecule has 12 nitrogen and oxygen atoms in total. The topological polar surface area (TPSA) is 163 Å². The van der Waals surface area contributed by atoms with Gasteiger partial charge in [0.25, 0.3) is 11.8 Å². The van der Waals surface area contributed by atoms with Crippen LogP contribution in [-0.2, 0) is 14.8 Å². The van der Waals surface area contributed by atoms with E-state index in [0.29, 0.717) is 10.2 Å². The van der Waals surface area contributed by atoms with Crippen molar-refractivity contribution >= 4 is 54.9 Å². The second-order valence-electron chi connectivity index (χ2n) is 8.01. The van der Waals surface area contributed by atoms with Crippen LogP contribution in [0.4, 0.5) is 5.69 Å². The second-order valence-corrected chi connectivity index (χ2v) is 11.4. The lowest BCUT2D eigenvalue weighted by Gasteiger charge is -2.19. The number of hydrogen-bond donors (Lipinski definition) is 3. The molecule has 2 aromatic heterocycles. The molecule has 2 unspecified atom stereocenters. The second kappa shape index (κ2) is 12.5. The fourth-order valence-corrected chi connectivity index (χ4v) is 5.43. The summed E-state index contributed by atoms with van der Waals surface area (Å²) in [6, 6.07) is 9.05. The van der Waals surface area contributed by atoms with Crippen molar-refractivity contribution in [3.05, 3.63) is 68.5 Å². The van der Waals surface area contributed by atoms with E-state index < -0.39 is 27.8 Å². The Labute approximate surface area is 233 Å². The van der Waals surface area contributed by atoms with Crippen molar-refractivity contribution in [3.63, 3.8) is 0 Å². The molecule has 15 heteroatoms. The Hall–Kier alpha value is -3.35. The third kappa shape index (κ3) is 6.74. The predicted molar refractivity (Wildman–Crippen MR) is 146 cm³/mol. The lowest BCUT2D eigenvalue weighted by molar-refractivity contribution is 0.0944. The number of rotatable bonds is 9. The molecular weight excluding hydrogens is 600 g/mol. The highest BCUT2D eigenvalue weighted by atomic mass is 79.9. The third-order valence-corrected chi connectivity index (χ3v) is 7.81. The van der Waals surface area contributed by atoms with Crippen molar-refractivity contribution in [2.45, 2.75) is 19.9 Å². The number of carbonyl (C=O) groups is 2. The minimum absolute atomic E-state index is 0.0439. The molecule has 3 aromatic rings. The molecule has 0 spiro atoms. The highest BCUT2D eigenvalue weighted by Gasteiger charge is 2.24. The molecule has 0 radical (unpaired) electrons. The molecule has 2 heterocycles. The summed E-state index contributed by atoms with van der Waals surface area (Å²) in [4.78, 5) is 38.0. The summed E-state index contributed by atoms with van der Waals surface area (Å²) in [7, 11) is -0.254. The van der Waals surface area contributed by atoms with Crippen LogP contribution in [0.2, 0.25) is 5.02 Å². The van der Waals surface area contributed by atoms with E-state index in [1.165, 1.54) is 37.2 Å². The molecule has 0 bridgehead atoms. The number of carbonyl (C=O) groups excluding carboxylic acids is 2. The highest BCUT2D eigenvalue weighted by molar-refractivity contribution is 9.10. The van der Waals surface area contributed by atoms with Crippen LogP contribution in [0.15, 0.2) is 45.5 Å². The first-order valence-corrected chi connectivity index (χ1v) is 13.8. The first kappa shape index (κ1) is 29.2. The molecule has 2 amide bonds. The Balaban J connectivity index is 1.96. The summed E-state index contributed by atoms with van der Waals surface area (Å²) in [5, 5.41) is 19.5. The molecular formula is C23H24BrClN8O4S. The van der Waals surface area contributed by atoms with Gasteiger partial charge in [-0.3, -0.25) is 14.4 Å². The number of halogens is 2. The van der Waals surface area contributed by atoms with Gasteiger partial charge in [-0.05, 0) is 59.6 Å². The molecule has 3 rings (SSSR count). The average Bonchev–Trinajstić information content (AvgIpc) is 3.26. The maximum absolute atomic E-state index is 13.4. The van der Waals surface area contributed by atoms with Gasteiger partial charge in [0.05, 0.1) is 40.8 Å². The Morgan fingerprint density at radius 1 is 1.34 bits per heavy atom. The van der Waals surface area contributed by atoms with Crippen LogP contribution >= 0.6 is 27.5 Å². The molecule has 0 fully saturated rings. The van der Waals surface area contributed by atoms with Crippen molar-refractivity contribution in [2.24, 2.45) is 4.36 Å². The minimum Gasteiger partial charge on any atom is -0.349 e. The standard InChI is InChI=1S/C23H24BrClN8O4S/c1-13-8-15(11-26)9-16(22(34)29-14(2)12-38(36,27-3)32-37-4)20(13)30-23(35)18-10-19(24)31-33(18)21-17(25)6-5-7-28-21/h5-10,14H,12H2,1-4H3,(H,29,34)(H,30,35)(H,27,32,36). The Kier molecular flexibility index (Phi) is 9.58. The van der Waals surface area contributed by atoms with E-state index in [1.54, 1.807) is 32.0 Å². The summed E-state index contributed by atoms with van der Waals surface area (Å²) in [5.41, 5.74) is 1.02. The lowest BCUT2D eigenvalue weighted by atomic mass is 10.0. The van der Waals surface area contributed by atoms with Gasteiger partial charge in [-0.15, -0.1) is 4.89 Å². The SMILES string of the molecule is CN=S(=O)(CC(C)NC(=O)c1cc(C#N)cc(C)c1NC(=O)c1cc(Br)nn1-c1ncccc1Cl)NOC. The number of pyridine rings is 1. The number of nitrogens with one attached hydrogen (secondary N) is 3. The maximum Gasteiger partial charge on any atom is 0.274 e. The molecule has 1 aromatic carbocycles.